The second-order valence-electron chi connectivity index (χ2n) is 7.20. The number of aryl methyl sites for hydroxylation is 1. The fourth-order valence-corrected chi connectivity index (χ4v) is 2.76. The van der Waals surface area contributed by atoms with Crippen molar-refractivity contribution < 1.29 is 13.9 Å². The average molecular weight is 322 g/mol. The number of benzene rings is 1. The standard InChI is InChI=1S/C18H27FN2O2/c1-13-12-14(19)7-8-16(13)20-15-6-5-10-21(11-9-15)17(22)23-18(2,3)4/h7-8,12,15,20H,5-6,9-11H2,1-4H3. The highest BCUT2D eigenvalue weighted by Gasteiger charge is 2.25. The molecule has 1 N–H and O–H groups in total. The highest BCUT2D eigenvalue weighted by atomic mass is 19.1. The molecule has 1 fully saturated rings. The van der Waals surface area contributed by atoms with Gasteiger partial charge in [-0.2, -0.15) is 0 Å². The Morgan fingerprint density at radius 2 is 2.04 bits per heavy atom. The Morgan fingerprint density at radius 3 is 2.70 bits per heavy atom. The molecule has 0 aliphatic carbocycles. The maximum Gasteiger partial charge on any atom is 0.410 e. The number of rotatable bonds is 2. The van der Waals surface area contributed by atoms with Crippen molar-refractivity contribution in [3.05, 3.63) is 29.6 Å². The number of nitrogens with zero attached hydrogens (tertiary/aromatic N) is 1. The molecule has 0 bridgehead atoms. The van der Waals surface area contributed by atoms with Crippen molar-refractivity contribution >= 4 is 11.8 Å². The molecule has 4 nitrogen and oxygen atoms in total. The van der Waals surface area contributed by atoms with Gasteiger partial charge < -0.3 is 15.0 Å². The molecule has 1 aliphatic heterocycles. The van der Waals surface area contributed by atoms with E-state index < -0.39 is 5.60 Å². The number of halogens is 1. The van der Waals surface area contributed by atoms with Crippen molar-refractivity contribution in [3.8, 4) is 0 Å². The van der Waals surface area contributed by atoms with Crippen LogP contribution in [0.2, 0.25) is 0 Å². The van der Waals surface area contributed by atoms with Crippen LogP contribution < -0.4 is 5.32 Å². The second kappa shape index (κ2) is 7.20. The summed E-state index contributed by atoms with van der Waals surface area (Å²) in [4.78, 5) is 13.9. The van der Waals surface area contributed by atoms with Gasteiger partial charge in [0.05, 0.1) is 0 Å². The van der Waals surface area contributed by atoms with E-state index in [1.54, 1.807) is 11.0 Å². The second-order valence-corrected chi connectivity index (χ2v) is 7.20. The van der Waals surface area contributed by atoms with Gasteiger partial charge in [-0.05, 0) is 70.7 Å². The molecule has 0 saturated carbocycles. The Labute approximate surface area is 138 Å². The number of hydrogen-bond donors (Lipinski definition) is 1. The van der Waals surface area contributed by atoms with E-state index in [0.717, 1.165) is 37.1 Å². The molecule has 2 rings (SSSR count). The molecule has 1 aromatic rings. The number of likely N-dealkylation sites (tertiary alicyclic amines) is 1. The third kappa shape index (κ3) is 5.41. The molecule has 0 spiro atoms. The Bertz CT molecular complexity index is 554. The molecule has 1 unspecified atom stereocenters. The number of ether oxygens (including phenoxy) is 1. The molecular weight excluding hydrogens is 295 g/mol. The monoisotopic (exact) mass is 322 g/mol. The van der Waals surface area contributed by atoms with Crippen LogP contribution >= 0.6 is 0 Å². The molecule has 1 aliphatic rings. The molecule has 5 heteroatoms. The summed E-state index contributed by atoms with van der Waals surface area (Å²) < 4.78 is 18.6. The summed E-state index contributed by atoms with van der Waals surface area (Å²) in [6.45, 7) is 8.93. The maximum atomic E-state index is 13.2. The van der Waals surface area contributed by atoms with Crippen molar-refractivity contribution in [2.45, 2.75) is 58.6 Å². The third-order valence-corrected chi connectivity index (χ3v) is 3.93. The lowest BCUT2D eigenvalue weighted by molar-refractivity contribution is 0.0256. The fourth-order valence-electron chi connectivity index (χ4n) is 2.76. The van der Waals surface area contributed by atoms with E-state index in [4.69, 9.17) is 4.74 Å². The minimum absolute atomic E-state index is 0.218. The SMILES string of the molecule is Cc1cc(F)ccc1NC1CCCN(C(=O)OC(C)(C)C)CC1. The van der Waals surface area contributed by atoms with Gasteiger partial charge >= 0.3 is 6.09 Å². The van der Waals surface area contributed by atoms with Gasteiger partial charge in [0.25, 0.3) is 0 Å². The first kappa shape index (κ1) is 17.6. The van der Waals surface area contributed by atoms with E-state index in [9.17, 15) is 9.18 Å². The highest BCUT2D eigenvalue weighted by molar-refractivity contribution is 5.68. The molecule has 0 radical (unpaired) electrons. The lowest BCUT2D eigenvalue weighted by atomic mass is 10.1. The summed E-state index contributed by atoms with van der Waals surface area (Å²) in [5, 5.41) is 3.48. The molecular formula is C18H27FN2O2. The number of nitrogens with one attached hydrogen (secondary N) is 1. The Kier molecular flexibility index (Phi) is 5.50. The fraction of sp³-hybridized carbons (Fsp3) is 0.611. The number of carbonyl (C=O) groups excluding carboxylic acids is 1. The van der Waals surface area contributed by atoms with Crippen LogP contribution in [0.15, 0.2) is 18.2 Å². The first-order chi connectivity index (χ1) is 10.7. The first-order valence-electron chi connectivity index (χ1n) is 8.25. The summed E-state index contributed by atoms with van der Waals surface area (Å²) in [5.74, 6) is -0.218. The van der Waals surface area contributed by atoms with E-state index in [1.807, 2.05) is 27.7 Å². The van der Waals surface area contributed by atoms with Gasteiger partial charge in [0.2, 0.25) is 0 Å². The van der Waals surface area contributed by atoms with Crippen LogP contribution in [-0.4, -0.2) is 35.7 Å². The normalized spacial score (nSPS) is 19.2. The van der Waals surface area contributed by atoms with Crippen LogP contribution in [0.3, 0.4) is 0 Å². The molecule has 1 saturated heterocycles. The van der Waals surface area contributed by atoms with E-state index in [-0.39, 0.29) is 18.0 Å². The van der Waals surface area contributed by atoms with Crippen molar-refractivity contribution in [1.82, 2.24) is 4.90 Å². The Balaban J connectivity index is 1.92. The zero-order chi connectivity index (χ0) is 17.0. The first-order valence-corrected chi connectivity index (χ1v) is 8.25. The molecule has 0 aromatic heterocycles. The van der Waals surface area contributed by atoms with Crippen LogP contribution in [0, 0.1) is 12.7 Å². The lowest BCUT2D eigenvalue weighted by Gasteiger charge is -2.26. The van der Waals surface area contributed by atoms with Crippen molar-refractivity contribution in [1.29, 1.82) is 0 Å². The summed E-state index contributed by atoms with van der Waals surface area (Å²) in [6, 6.07) is 5.07. The zero-order valence-electron chi connectivity index (χ0n) is 14.5. The minimum atomic E-state index is -0.466. The molecule has 1 amide bonds. The maximum absolute atomic E-state index is 13.2. The predicted molar refractivity (Wildman–Crippen MR) is 90.2 cm³/mol. The molecule has 1 aromatic carbocycles. The van der Waals surface area contributed by atoms with Crippen molar-refractivity contribution in [3.63, 3.8) is 0 Å². The summed E-state index contributed by atoms with van der Waals surface area (Å²) in [7, 11) is 0. The largest absolute Gasteiger partial charge is 0.444 e. The van der Waals surface area contributed by atoms with Gasteiger partial charge in [-0.15, -0.1) is 0 Å². The Hall–Kier alpha value is -1.78. The van der Waals surface area contributed by atoms with Crippen molar-refractivity contribution in [2.24, 2.45) is 0 Å². The van der Waals surface area contributed by atoms with Crippen LogP contribution in [-0.2, 0) is 4.74 Å². The smallest absolute Gasteiger partial charge is 0.410 e. The summed E-state index contributed by atoms with van der Waals surface area (Å²) >= 11 is 0. The quantitative estimate of drug-likeness (QED) is 0.881. The van der Waals surface area contributed by atoms with Gasteiger partial charge in [0.1, 0.15) is 11.4 Å². The van der Waals surface area contributed by atoms with Crippen molar-refractivity contribution in [2.75, 3.05) is 18.4 Å². The summed E-state index contributed by atoms with van der Waals surface area (Å²) in [6.07, 6.45) is 2.53. The van der Waals surface area contributed by atoms with Gasteiger partial charge in [0, 0.05) is 24.8 Å². The van der Waals surface area contributed by atoms with Crippen LogP contribution in [0.4, 0.5) is 14.9 Å². The third-order valence-electron chi connectivity index (χ3n) is 3.93. The zero-order valence-corrected chi connectivity index (χ0v) is 14.5. The summed E-state index contributed by atoms with van der Waals surface area (Å²) in [5.41, 5.74) is 1.40. The lowest BCUT2D eigenvalue weighted by Crippen LogP contribution is -2.37. The predicted octanol–water partition coefficient (Wildman–Crippen LogP) is 4.34. The number of amides is 1. The van der Waals surface area contributed by atoms with Gasteiger partial charge in [0.15, 0.2) is 0 Å². The highest BCUT2D eigenvalue weighted by Crippen LogP contribution is 2.21. The van der Waals surface area contributed by atoms with Crippen LogP contribution in [0.25, 0.3) is 0 Å². The molecule has 1 heterocycles. The topological polar surface area (TPSA) is 41.6 Å². The average Bonchev–Trinajstić information content (AvgIpc) is 2.66. The van der Waals surface area contributed by atoms with Crippen LogP contribution in [0.1, 0.15) is 45.6 Å². The van der Waals surface area contributed by atoms with E-state index in [2.05, 4.69) is 5.32 Å². The van der Waals surface area contributed by atoms with Gasteiger partial charge in [-0.3, -0.25) is 0 Å². The van der Waals surface area contributed by atoms with E-state index in [0.29, 0.717) is 6.54 Å². The Morgan fingerprint density at radius 1 is 1.30 bits per heavy atom. The van der Waals surface area contributed by atoms with Gasteiger partial charge in [-0.1, -0.05) is 0 Å². The van der Waals surface area contributed by atoms with Crippen LogP contribution in [0.5, 0.6) is 0 Å². The number of anilines is 1. The number of hydrogen-bond acceptors (Lipinski definition) is 3. The van der Waals surface area contributed by atoms with E-state index in [1.165, 1.54) is 12.1 Å². The molecule has 128 valence electrons. The molecule has 1 atom stereocenters. The van der Waals surface area contributed by atoms with Gasteiger partial charge in [-0.25, -0.2) is 9.18 Å². The number of carbonyl (C=O) groups is 1. The minimum Gasteiger partial charge on any atom is -0.444 e. The van der Waals surface area contributed by atoms with E-state index >= 15 is 0 Å². The molecule has 23 heavy (non-hydrogen) atoms.